The standard InChI is InChI=1S/C15H12BrFO3S/c16-10-1-6-13(15(18)19)14(9-10)20-7-8-21-12-4-2-11(17)3-5-12/h1-6,9H,7-8H2,(H,18,19). The van der Waals surface area contributed by atoms with Gasteiger partial charge in [-0.15, -0.1) is 11.8 Å². The second-order valence-corrected chi connectivity index (χ2v) is 6.18. The summed E-state index contributed by atoms with van der Waals surface area (Å²) in [5, 5.41) is 9.08. The van der Waals surface area contributed by atoms with E-state index in [-0.39, 0.29) is 11.4 Å². The van der Waals surface area contributed by atoms with Gasteiger partial charge in [0.05, 0.1) is 6.61 Å². The van der Waals surface area contributed by atoms with Gasteiger partial charge in [0.15, 0.2) is 0 Å². The van der Waals surface area contributed by atoms with E-state index in [4.69, 9.17) is 9.84 Å². The SMILES string of the molecule is O=C(O)c1ccc(Br)cc1OCCSc1ccc(F)cc1. The van der Waals surface area contributed by atoms with Gasteiger partial charge in [0.25, 0.3) is 0 Å². The normalized spacial score (nSPS) is 10.4. The van der Waals surface area contributed by atoms with Crippen LogP contribution >= 0.6 is 27.7 Å². The fourth-order valence-electron chi connectivity index (χ4n) is 1.63. The van der Waals surface area contributed by atoms with E-state index in [1.807, 2.05) is 0 Å². The van der Waals surface area contributed by atoms with Gasteiger partial charge < -0.3 is 9.84 Å². The third-order valence-electron chi connectivity index (χ3n) is 2.60. The van der Waals surface area contributed by atoms with Crippen molar-refractivity contribution in [3.05, 3.63) is 58.3 Å². The highest BCUT2D eigenvalue weighted by atomic mass is 79.9. The molecule has 6 heteroatoms. The monoisotopic (exact) mass is 370 g/mol. The van der Waals surface area contributed by atoms with Crippen molar-refractivity contribution in [3.63, 3.8) is 0 Å². The molecule has 2 aromatic rings. The number of hydrogen-bond donors (Lipinski definition) is 1. The van der Waals surface area contributed by atoms with Gasteiger partial charge in [-0.25, -0.2) is 9.18 Å². The van der Waals surface area contributed by atoms with Gasteiger partial charge in [-0.1, -0.05) is 15.9 Å². The summed E-state index contributed by atoms with van der Waals surface area (Å²) >= 11 is 4.80. The average molecular weight is 371 g/mol. The summed E-state index contributed by atoms with van der Waals surface area (Å²) in [6, 6.07) is 11.0. The molecule has 2 aromatic carbocycles. The molecule has 0 aliphatic rings. The highest BCUT2D eigenvalue weighted by Crippen LogP contribution is 2.24. The van der Waals surface area contributed by atoms with E-state index in [1.165, 1.54) is 30.0 Å². The number of rotatable bonds is 6. The number of aromatic carboxylic acids is 1. The Labute approximate surface area is 134 Å². The van der Waals surface area contributed by atoms with E-state index in [9.17, 15) is 9.18 Å². The first-order valence-corrected chi connectivity index (χ1v) is 7.88. The van der Waals surface area contributed by atoms with Crippen LogP contribution in [0.2, 0.25) is 0 Å². The first-order valence-electron chi connectivity index (χ1n) is 6.10. The van der Waals surface area contributed by atoms with Gasteiger partial charge in [0, 0.05) is 15.1 Å². The lowest BCUT2D eigenvalue weighted by molar-refractivity contribution is 0.0692. The van der Waals surface area contributed by atoms with Crippen LogP contribution in [0, 0.1) is 5.82 Å². The molecule has 2 rings (SSSR count). The predicted octanol–water partition coefficient (Wildman–Crippen LogP) is 4.46. The zero-order valence-electron chi connectivity index (χ0n) is 10.9. The summed E-state index contributed by atoms with van der Waals surface area (Å²) in [7, 11) is 0. The van der Waals surface area contributed by atoms with Crippen LogP contribution in [-0.4, -0.2) is 23.4 Å². The number of carboxylic acids is 1. The molecule has 0 aliphatic heterocycles. The van der Waals surface area contributed by atoms with Gasteiger partial charge in [-0.3, -0.25) is 0 Å². The Balaban J connectivity index is 1.90. The third kappa shape index (κ3) is 4.75. The first-order chi connectivity index (χ1) is 10.1. The molecule has 0 amide bonds. The molecule has 0 fully saturated rings. The van der Waals surface area contributed by atoms with Gasteiger partial charge in [0.2, 0.25) is 0 Å². The summed E-state index contributed by atoms with van der Waals surface area (Å²) in [6.07, 6.45) is 0. The van der Waals surface area contributed by atoms with Crippen LogP contribution in [0.1, 0.15) is 10.4 Å². The summed E-state index contributed by atoms with van der Waals surface area (Å²) in [6.45, 7) is 0.360. The Hall–Kier alpha value is -1.53. The van der Waals surface area contributed by atoms with Crippen molar-refractivity contribution in [2.24, 2.45) is 0 Å². The van der Waals surface area contributed by atoms with E-state index >= 15 is 0 Å². The number of ether oxygens (including phenoxy) is 1. The maximum absolute atomic E-state index is 12.8. The van der Waals surface area contributed by atoms with Crippen LogP contribution in [-0.2, 0) is 0 Å². The van der Waals surface area contributed by atoms with Crippen molar-refractivity contribution in [1.29, 1.82) is 0 Å². The first kappa shape index (κ1) is 15.9. The fourth-order valence-corrected chi connectivity index (χ4v) is 2.71. The minimum atomic E-state index is -1.02. The molecule has 0 atom stereocenters. The van der Waals surface area contributed by atoms with E-state index < -0.39 is 5.97 Å². The summed E-state index contributed by atoms with van der Waals surface area (Å²) in [4.78, 5) is 12.0. The number of hydrogen-bond acceptors (Lipinski definition) is 3. The Kier molecular flexibility index (Phi) is 5.64. The molecule has 3 nitrogen and oxygen atoms in total. The number of carbonyl (C=O) groups is 1. The summed E-state index contributed by atoms with van der Waals surface area (Å²) in [5.74, 6) is -0.326. The lowest BCUT2D eigenvalue weighted by Crippen LogP contribution is -2.06. The lowest BCUT2D eigenvalue weighted by Gasteiger charge is -2.09. The predicted molar refractivity (Wildman–Crippen MR) is 83.7 cm³/mol. The molecule has 0 radical (unpaired) electrons. The van der Waals surface area contributed by atoms with E-state index in [0.717, 1.165) is 9.37 Å². The number of thioether (sulfide) groups is 1. The molecule has 0 aromatic heterocycles. The van der Waals surface area contributed by atoms with Crippen LogP contribution in [0.5, 0.6) is 5.75 Å². The topological polar surface area (TPSA) is 46.5 Å². The molecule has 21 heavy (non-hydrogen) atoms. The highest BCUT2D eigenvalue weighted by Gasteiger charge is 2.11. The molecule has 0 heterocycles. The Morgan fingerprint density at radius 1 is 1.24 bits per heavy atom. The Bertz CT molecular complexity index is 631. The fraction of sp³-hybridized carbons (Fsp3) is 0.133. The number of benzene rings is 2. The molecule has 0 saturated carbocycles. The van der Waals surface area contributed by atoms with Crippen molar-refractivity contribution >= 4 is 33.7 Å². The number of halogens is 2. The average Bonchev–Trinajstić information content (AvgIpc) is 2.45. The minimum Gasteiger partial charge on any atom is -0.492 e. The number of carboxylic acid groups (broad SMARTS) is 1. The molecular formula is C15H12BrFO3S. The van der Waals surface area contributed by atoms with Crippen molar-refractivity contribution in [1.82, 2.24) is 0 Å². The molecular weight excluding hydrogens is 359 g/mol. The van der Waals surface area contributed by atoms with Crippen LogP contribution in [0.15, 0.2) is 51.8 Å². The Morgan fingerprint density at radius 3 is 2.62 bits per heavy atom. The zero-order valence-corrected chi connectivity index (χ0v) is 13.3. The minimum absolute atomic E-state index is 0.130. The second-order valence-electron chi connectivity index (χ2n) is 4.10. The molecule has 0 bridgehead atoms. The van der Waals surface area contributed by atoms with E-state index in [2.05, 4.69) is 15.9 Å². The van der Waals surface area contributed by atoms with Gasteiger partial charge in [0.1, 0.15) is 17.1 Å². The van der Waals surface area contributed by atoms with Crippen LogP contribution < -0.4 is 4.74 Å². The molecule has 0 unspecified atom stereocenters. The van der Waals surface area contributed by atoms with Crippen LogP contribution in [0.4, 0.5) is 4.39 Å². The largest absolute Gasteiger partial charge is 0.492 e. The van der Waals surface area contributed by atoms with E-state index in [0.29, 0.717) is 18.1 Å². The van der Waals surface area contributed by atoms with Gasteiger partial charge in [-0.05, 0) is 42.5 Å². The molecule has 110 valence electrons. The molecule has 1 N–H and O–H groups in total. The van der Waals surface area contributed by atoms with Crippen LogP contribution in [0.3, 0.4) is 0 Å². The quantitative estimate of drug-likeness (QED) is 0.602. The van der Waals surface area contributed by atoms with Gasteiger partial charge in [-0.2, -0.15) is 0 Å². The van der Waals surface area contributed by atoms with E-state index in [1.54, 1.807) is 24.3 Å². The highest BCUT2D eigenvalue weighted by molar-refractivity contribution is 9.10. The smallest absolute Gasteiger partial charge is 0.339 e. The van der Waals surface area contributed by atoms with Crippen LogP contribution in [0.25, 0.3) is 0 Å². The maximum Gasteiger partial charge on any atom is 0.339 e. The second kappa shape index (κ2) is 7.47. The molecule has 0 spiro atoms. The summed E-state index contributed by atoms with van der Waals surface area (Å²) < 4.78 is 19.0. The van der Waals surface area contributed by atoms with Gasteiger partial charge >= 0.3 is 5.97 Å². The molecule has 0 aliphatic carbocycles. The van der Waals surface area contributed by atoms with Crippen molar-refractivity contribution in [3.8, 4) is 5.75 Å². The third-order valence-corrected chi connectivity index (χ3v) is 4.07. The maximum atomic E-state index is 12.8. The molecule has 0 saturated heterocycles. The van der Waals surface area contributed by atoms with Crippen molar-refractivity contribution < 1.29 is 19.0 Å². The Morgan fingerprint density at radius 2 is 1.95 bits per heavy atom. The zero-order chi connectivity index (χ0) is 15.2. The lowest BCUT2D eigenvalue weighted by atomic mass is 10.2. The van der Waals surface area contributed by atoms with Crippen molar-refractivity contribution in [2.45, 2.75) is 4.90 Å². The van der Waals surface area contributed by atoms with Crippen molar-refractivity contribution in [2.75, 3.05) is 12.4 Å². The summed E-state index contributed by atoms with van der Waals surface area (Å²) in [5.41, 5.74) is 0.130.